The molecule has 0 spiro atoms. The van der Waals surface area contributed by atoms with Crippen molar-refractivity contribution >= 4 is 87.8 Å². The first-order chi connectivity index (χ1) is 27.3. The van der Waals surface area contributed by atoms with Crippen molar-refractivity contribution in [3.63, 3.8) is 0 Å². The summed E-state index contributed by atoms with van der Waals surface area (Å²) in [6.07, 6.45) is 7.07. The predicted molar refractivity (Wildman–Crippen MR) is 237 cm³/mol. The molecular weight excluding hydrogens is 663 g/mol. The van der Waals surface area contributed by atoms with Crippen LogP contribution in [0.15, 0.2) is 176 Å². The van der Waals surface area contributed by atoms with Crippen LogP contribution in [-0.4, -0.2) is 4.57 Å². The molecule has 0 amide bonds. The van der Waals surface area contributed by atoms with Crippen LogP contribution >= 0.6 is 0 Å². The number of benzene rings is 10. The number of hydrogen-bond acceptors (Lipinski definition) is 0. The minimum atomic E-state index is 1.09. The monoisotopic (exact) mass is 697 g/mol. The van der Waals surface area contributed by atoms with Gasteiger partial charge in [0.05, 0.1) is 11.0 Å². The summed E-state index contributed by atoms with van der Waals surface area (Å²) in [5.41, 5.74) is 8.62. The zero-order valence-electron chi connectivity index (χ0n) is 30.3. The molecule has 55 heavy (non-hydrogen) atoms. The molecule has 1 aromatic heterocycles. The molecule has 0 saturated heterocycles. The van der Waals surface area contributed by atoms with Gasteiger partial charge in [0.1, 0.15) is 0 Å². The van der Waals surface area contributed by atoms with Crippen molar-refractivity contribution in [3.8, 4) is 27.9 Å². The van der Waals surface area contributed by atoms with Crippen LogP contribution in [0.25, 0.3) is 116 Å². The quantitative estimate of drug-likeness (QED) is 0.162. The standard InChI is InChI=1S/C54H35N/c1-2-14-35(15-3-1)48-33-50-43-21-9-11-23-46(43)54-53(52(50)45-22-10-8-20-42(45)48)47-24-12-13-25-51(47)55(54)37-29-26-34(27-30-37)36-28-31-44-40-18-5-4-16-38(40)39-17-6-7-19-41(39)49(44)32-36/h1-5,8-33H,6-7H2. The van der Waals surface area contributed by atoms with Gasteiger partial charge in [-0.3, -0.25) is 0 Å². The van der Waals surface area contributed by atoms with E-state index in [-0.39, 0.29) is 0 Å². The molecular formula is C54H35N. The van der Waals surface area contributed by atoms with E-state index in [9.17, 15) is 0 Å². The molecule has 0 aliphatic heterocycles. The highest BCUT2D eigenvalue weighted by molar-refractivity contribution is 6.38. The molecule has 12 rings (SSSR count). The van der Waals surface area contributed by atoms with Crippen LogP contribution in [0, 0.1) is 0 Å². The topological polar surface area (TPSA) is 4.93 Å². The van der Waals surface area contributed by atoms with Gasteiger partial charge in [0.2, 0.25) is 0 Å². The molecule has 11 aromatic rings. The van der Waals surface area contributed by atoms with E-state index >= 15 is 0 Å². The number of hydrogen-bond donors (Lipinski definition) is 0. The maximum Gasteiger partial charge on any atom is 0.0626 e. The molecule has 0 unspecified atom stereocenters. The first kappa shape index (κ1) is 30.5. The number of para-hydroxylation sites is 1. The predicted octanol–water partition coefficient (Wildman–Crippen LogP) is 13.2. The van der Waals surface area contributed by atoms with Crippen molar-refractivity contribution < 1.29 is 0 Å². The second-order valence-corrected chi connectivity index (χ2v) is 15.0. The van der Waals surface area contributed by atoms with Crippen molar-refractivity contribution in [2.75, 3.05) is 0 Å². The molecule has 0 saturated carbocycles. The molecule has 10 aromatic carbocycles. The summed E-state index contributed by atoms with van der Waals surface area (Å²) >= 11 is 0. The number of aromatic nitrogens is 1. The van der Waals surface area contributed by atoms with Crippen LogP contribution in [0.3, 0.4) is 0 Å². The van der Waals surface area contributed by atoms with Crippen molar-refractivity contribution in [1.82, 2.24) is 4.57 Å². The van der Waals surface area contributed by atoms with Gasteiger partial charge in [0, 0.05) is 27.2 Å². The Kier molecular flexibility index (Phi) is 6.53. The Morgan fingerprint density at radius 3 is 1.65 bits per heavy atom. The lowest BCUT2D eigenvalue weighted by Crippen LogP contribution is -2.28. The van der Waals surface area contributed by atoms with Crippen molar-refractivity contribution in [1.29, 1.82) is 0 Å². The molecule has 256 valence electrons. The summed E-state index contributed by atoms with van der Waals surface area (Å²) in [6.45, 7) is 0. The Labute approximate surface area is 318 Å². The Hall–Kier alpha value is -6.96. The van der Waals surface area contributed by atoms with Gasteiger partial charge < -0.3 is 4.57 Å². The van der Waals surface area contributed by atoms with Gasteiger partial charge in [0.15, 0.2) is 0 Å². The summed E-state index contributed by atoms with van der Waals surface area (Å²) in [4.78, 5) is 0. The Morgan fingerprint density at radius 2 is 0.891 bits per heavy atom. The molecule has 1 aliphatic rings. The van der Waals surface area contributed by atoms with Gasteiger partial charge in [0.25, 0.3) is 0 Å². The highest BCUT2D eigenvalue weighted by Crippen LogP contribution is 2.47. The molecule has 1 heteroatoms. The van der Waals surface area contributed by atoms with Gasteiger partial charge in [-0.15, -0.1) is 0 Å². The molecule has 0 fully saturated rings. The van der Waals surface area contributed by atoms with E-state index in [1.54, 1.807) is 0 Å². The van der Waals surface area contributed by atoms with E-state index in [1.807, 2.05) is 0 Å². The fourth-order valence-electron chi connectivity index (χ4n) is 9.78. The molecule has 0 N–H and O–H groups in total. The third-order valence-corrected chi connectivity index (χ3v) is 12.2. The second-order valence-electron chi connectivity index (χ2n) is 15.0. The van der Waals surface area contributed by atoms with E-state index in [0.717, 1.165) is 18.5 Å². The number of fused-ring (bicyclic) bond motifs is 16. The largest absolute Gasteiger partial charge is 0.309 e. The van der Waals surface area contributed by atoms with Crippen molar-refractivity contribution in [2.24, 2.45) is 0 Å². The maximum atomic E-state index is 2.50. The van der Waals surface area contributed by atoms with Gasteiger partial charge in [-0.05, 0) is 119 Å². The van der Waals surface area contributed by atoms with E-state index in [1.165, 1.54) is 108 Å². The summed E-state index contributed by atoms with van der Waals surface area (Å²) < 4.78 is 2.50. The summed E-state index contributed by atoms with van der Waals surface area (Å²) in [7, 11) is 0. The molecule has 1 heterocycles. The smallest absolute Gasteiger partial charge is 0.0626 e. The van der Waals surface area contributed by atoms with E-state index in [2.05, 4.69) is 193 Å². The molecule has 0 atom stereocenters. The lowest BCUT2D eigenvalue weighted by molar-refractivity contribution is 1.13. The highest BCUT2D eigenvalue weighted by atomic mass is 15.0. The normalized spacial score (nSPS) is 12.9. The summed E-state index contributed by atoms with van der Waals surface area (Å²) in [5.74, 6) is 0. The Balaban J connectivity index is 1.11. The Bertz CT molecular complexity index is 3510. The van der Waals surface area contributed by atoms with Crippen molar-refractivity contribution in [3.05, 3.63) is 186 Å². The molecule has 0 radical (unpaired) electrons. The van der Waals surface area contributed by atoms with Gasteiger partial charge in [-0.2, -0.15) is 0 Å². The second kappa shape index (κ2) is 11.8. The van der Waals surface area contributed by atoms with E-state index in [4.69, 9.17) is 0 Å². The fraction of sp³-hybridized carbons (Fsp3) is 0.0370. The average molecular weight is 698 g/mol. The van der Waals surface area contributed by atoms with Gasteiger partial charge in [-0.1, -0.05) is 158 Å². The SMILES string of the molecule is C1=c2c(c3cc(-c4ccc(-n5c6ccccc6c6c7c8ccccc8c(-c8ccccc8)cc7c7ccccc7c65)cc4)ccc3c3ccccc23)=CCC1. The van der Waals surface area contributed by atoms with Crippen LogP contribution in [0.1, 0.15) is 12.8 Å². The van der Waals surface area contributed by atoms with Gasteiger partial charge in [-0.25, -0.2) is 0 Å². The summed E-state index contributed by atoms with van der Waals surface area (Å²) in [5, 5.41) is 18.4. The fourth-order valence-corrected chi connectivity index (χ4v) is 9.78. The van der Waals surface area contributed by atoms with Crippen LogP contribution < -0.4 is 10.4 Å². The first-order valence-corrected chi connectivity index (χ1v) is 19.4. The number of nitrogens with zero attached hydrogens (tertiary/aromatic N) is 1. The highest BCUT2D eigenvalue weighted by Gasteiger charge is 2.21. The molecule has 1 aliphatic carbocycles. The minimum Gasteiger partial charge on any atom is -0.309 e. The summed E-state index contributed by atoms with van der Waals surface area (Å²) in [6, 6.07) is 65.4. The van der Waals surface area contributed by atoms with Crippen LogP contribution in [0.4, 0.5) is 0 Å². The van der Waals surface area contributed by atoms with Crippen LogP contribution in [0.5, 0.6) is 0 Å². The van der Waals surface area contributed by atoms with Crippen LogP contribution in [0.2, 0.25) is 0 Å². The van der Waals surface area contributed by atoms with Crippen LogP contribution in [-0.2, 0) is 0 Å². The zero-order chi connectivity index (χ0) is 36.0. The zero-order valence-corrected chi connectivity index (χ0v) is 30.3. The molecule has 0 bridgehead atoms. The van der Waals surface area contributed by atoms with E-state index in [0.29, 0.717) is 0 Å². The lowest BCUT2D eigenvalue weighted by atomic mass is 9.88. The average Bonchev–Trinajstić information content (AvgIpc) is 3.62. The van der Waals surface area contributed by atoms with Crippen molar-refractivity contribution in [2.45, 2.75) is 12.8 Å². The molecule has 1 nitrogen and oxygen atoms in total. The lowest BCUT2D eigenvalue weighted by Gasteiger charge is -2.16. The minimum absolute atomic E-state index is 1.09. The first-order valence-electron chi connectivity index (χ1n) is 19.4. The maximum absolute atomic E-state index is 2.50. The van der Waals surface area contributed by atoms with Gasteiger partial charge >= 0.3 is 0 Å². The third kappa shape index (κ3) is 4.41. The Morgan fingerprint density at radius 1 is 0.327 bits per heavy atom. The third-order valence-electron chi connectivity index (χ3n) is 12.2. The number of rotatable bonds is 3. The van der Waals surface area contributed by atoms with E-state index < -0.39 is 0 Å².